The van der Waals surface area contributed by atoms with E-state index < -0.39 is 5.41 Å². The lowest BCUT2D eigenvalue weighted by atomic mass is 9.79. The van der Waals surface area contributed by atoms with Crippen molar-refractivity contribution in [2.45, 2.75) is 45.7 Å². The van der Waals surface area contributed by atoms with Crippen LogP contribution in [0.15, 0.2) is 24.3 Å². The molecule has 1 unspecified atom stereocenters. The lowest BCUT2D eigenvalue weighted by molar-refractivity contribution is -0.136. The van der Waals surface area contributed by atoms with Crippen molar-refractivity contribution in [1.82, 2.24) is 10.6 Å². The summed E-state index contributed by atoms with van der Waals surface area (Å²) in [5.74, 6) is -0.127. The summed E-state index contributed by atoms with van der Waals surface area (Å²) in [6, 6.07) is 7.47. The van der Waals surface area contributed by atoms with Crippen LogP contribution in [0.4, 0.5) is 0 Å². The molecule has 1 saturated heterocycles. The zero-order valence-electron chi connectivity index (χ0n) is 15.5. The Labute approximate surface area is 161 Å². The number of nitrogens with one attached hydrogen (secondary N) is 2. The second-order valence-corrected chi connectivity index (χ2v) is 6.76. The minimum absolute atomic E-state index is 0. The molecule has 2 amide bonds. The van der Waals surface area contributed by atoms with E-state index in [1.54, 1.807) is 6.07 Å². The van der Waals surface area contributed by atoms with Gasteiger partial charge < -0.3 is 21.1 Å². The van der Waals surface area contributed by atoms with Crippen LogP contribution in [0.3, 0.4) is 0 Å². The highest BCUT2D eigenvalue weighted by Crippen LogP contribution is 2.29. The van der Waals surface area contributed by atoms with E-state index in [0.29, 0.717) is 44.7 Å². The molecule has 6 nitrogen and oxygen atoms in total. The van der Waals surface area contributed by atoms with E-state index in [-0.39, 0.29) is 30.3 Å². The van der Waals surface area contributed by atoms with Gasteiger partial charge in [0.15, 0.2) is 0 Å². The fourth-order valence-electron chi connectivity index (χ4n) is 2.89. The van der Waals surface area contributed by atoms with E-state index in [1.165, 1.54) is 0 Å². The molecule has 7 heteroatoms. The Kier molecular flexibility index (Phi) is 9.05. The maximum Gasteiger partial charge on any atom is 0.251 e. The van der Waals surface area contributed by atoms with Gasteiger partial charge in [-0.3, -0.25) is 9.59 Å². The van der Waals surface area contributed by atoms with Gasteiger partial charge in [0.25, 0.3) is 5.91 Å². The highest BCUT2D eigenvalue weighted by molar-refractivity contribution is 5.94. The summed E-state index contributed by atoms with van der Waals surface area (Å²) < 4.78 is 5.34. The Morgan fingerprint density at radius 2 is 2.00 bits per heavy atom. The summed E-state index contributed by atoms with van der Waals surface area (Å²) in [6.07, 6.45) is 2.17. The quantitative estimate of drug-likeness (QED) is 0.671. The van der Waals surface area contributed by atoms with Crippen molar-refractivity contribution in [2.75, 3.05) is 19.8 Å². The monoisotopic (exact) mass is 383 g/mol. The van der Waals surface area contributed by atoms with Crippen LogP contribution in [-0.2, 0) is 16.1 Å². The molecule has 0 saturated carbocycles. The van der Waals surface area contributed by atoms with Gasteiger partial charge in [0.2, 0.25) is 5.91 Å². The number of amides is 2. The Morgan fingerprint density at radius 3 is 2.62 bits per heavy atom. The van der Waals surface area contributed by atoms with E-state index in [1.807, 2.05) is 32.0 Å². The first kappa shape index (κ1) is 22.4. The predicted molar refractivity (Wildman–Crippen MR) is 104 cm³/mol. The normalized spacial score (nSPS) is 16.9. The van der Waals surface area contributed by atoms with Gasteiger partial charge in [-0.25, -0.2) is 0 Å². The molecule has 0 bridgehead atoms. The van der Waals surface area contributed by atoms with Crippen LogP contribution in [0, 0.1) is 5.41 Å². The minimum Gasteiger partial charge on any atom is -0.381 e. The number of carbonyl (C=O) groups excluding carboxylic acids is 2. The van der Waals surface area contributed by atoms with Crippen LogP contribution < -0.4 is 16.4 Å². The molecule has 1 aliphatic heterocycles. The van der Waals surface area contributed by atoms with Crippen molar-refractivity contribution < 1.29 is 14.3 Å². The standard InChI is InChI=1S/C19H29N3O3.ClH/c1-3-14(2)22-17(23)16-6-4-5-15(11-16)12-21-18(24)19(13-20)7-9-25-10-8-19;/h4-6,11,14H,3,7-10,12-13,20H2,1-2H3,(H,21,24)(H,22,23);1H. The molecule has 0 radical (unpaired) electrons. The number of benzene rings is 1. The van der Waals surface area contributed by atoms with E-state index in [2.05, 4.69) is 10.6 Å². The van der Waals surface area contributed by atoms with Crippen LogP contribution in [0.1, 0.15) is 49.0 Å². The summed E-state index contributed by atoms with van der Waals surface area (Å²) in [7, 11) is 0. The average Bonchev–Trinajstić information content (AvgIpc) is 2.66. The number of hydrogen-bond donors (Lipinski definition) is 3. The van der Waals surface area contributed by atoms with Gasteiger partial charge in [0.05, 0.1) is 5.41 Å². The summed E-state index contributed by atoms with van der Waals surface area (Å²) in [5, 5.41) is 5.92. The molecule has 1 aliphatic rings. The van der Waals surface area contributed by atoms with Crippen molar-refractivity contribution in [3.05, 3.63) is 35.4 Å². The van der Waals surface area contributed by atoms with Crippen LogP contribution in [0.5, 0.6) is 0 Å². The van der Waals surface area contributed by atoms with Crippen molar-refractivity contribution in [3.63, 3.8) is 0 Å². The maximum absolute atomic E-state index is 12.6. The van der Waals surface area contributed by atoms with Crippen molar-refractivity contribution in [2.24, 2.45) is 11.1 Å². The second-order valence-electron chi connectivity index (χ2n) is 6.76. The van der Waals surface area contributed by atoms with Gasteiger partial charge in [-0.05, 0) is 43.9 Å². The number of hydrogen-bond acceptors (Lipinski definition) is 4. The van der Waals surface area contributed by atoms with E-state index in [4.69, 9.17) is 10.5 Å². The minimum atomic E-state index is -0.538. The van der Waals surface area contributed by atoms with Crippen LogP contribution in [-0.4, -0.2) is 37.6 Å². The zero-order valence-corrected chi connectivity index (χ0v) is 16.4. The molecule has 0 aromatic heterocycles. The van der Waals surface area contributed by atoms with Crippen molar-refractivity contribution >= 4 is 24.2 Å². The molecular weight excluding hydrogens is 354 g/mol. The molecule has 1 fully saturated rings. The Morgan fingerprint density at radius 1 is 1.31 bits per heavy atom. The highest BCUT2D eigenvalue weighted by atomic mass is 35.5. The average molecular weight is 384 g/mol. The third-order valence-electron chi connectivity index (χ3n) is 4.95. The lowest BCUT2D eigenvalue weighted by Gasteiger charge is -2.34. The maximum atomic E-state index is 12.6. The van der Waals surface area contributed by atoms with Gasteiger partial charge in [-0.2, -0.15) is 0 Å². The topological polar surface area (TPSA) is 93.5 Å². The predicted octanol–water partition coefficient (Wildman–Crippen LogP) is 2.01. The molecule has 26 heavy (non-hydrogen) atoms. The zero-order chi connectivity index (χ0) is 18.3. The molecule has 2 rings (SSSR count). The number of ether oxygens (including phenoxy) is 1. The lowest BCUT2D eigenvalue weighted by Crippen LogP contribution is -2.48. The third-order valence-corrected chi connectivity index (χ3v) is 4.95. The first-order chi connectivity index (χ1) is 12.0. The van der Waals surface area contributed by atoms with Crippen LogP contribution >= 0.6 is 12.4 Å². The molecule has 4 N–H and O–H groups in total. The fraction of sp³-hybridized carbons (Fsp3) is 0.579. The fourth-order valence-corrected chi connectivity index (χ4v) is 2.89. The van der Waals surface area contributed by atoms with Crippen LogP contribution in [0.25, 0.3) is 0 Å². The first-order valence-corrected chi connectivity index (χ1v) is 8.96. The first-order valence-electron chi connectivity index (χ1n) is 8.96. The number of carbonyl (C=O) groups is 2. The van der Waals surface area contributed by atoms with Crippen molar-refractivity contribution in [1.29, 1.82) is 0 Å². The van der Waals surface area contributed by atoms with E-state index in [0.717, 1.165) is 12.0 Å². The number of nitrogens with two attached hydrogens (primary N) is 1. The van der Waals surface area contributed by atoms with E-state index in [9.17, 15) is 9.59 Å². The van der Waals surface area contributed by atoms with Crippen molar-refractivity contribution in [3.8, 4) is 0 Å². The second kappa shape index (κ2) is 10.5. The SMILES string of the molecule is CCC(C)NC(=O)c1cccc(CNC(=O)C2(CN)CCOCC2)c1.Cl. The van der Waals surface area contributed by atoms with Gasteiger partial charge >= 0.3 is 0 Å². The number of rotatable bonds is 7. The van der Waals surface area contributed by atoms with Gasteiger partial charge in [0.1, 0.15) is 0 Å². The summed E-state index contributed by atoms with van der Waals surface area (Å²) in [5.41, 5.74) is 6.82. The van der Waals surface area contributed by atoms with Gasteiger partial charge in [0, 0.05) is 37.9 Å². The smallest absolute Gasteiger partial charge is 0.251 e. The molecule has 0 spiro atoms. The van der Waals surface area contributed by atoms with Crippen LogP contribution in [0.2, 0.25) is 0 Å². The molecular formula is C19H30ClN3O3. The summed E-state index contributed by atoms with van der Waals surface area (Å²) in [6.45, 7) is 5.83. The molecule has 1 heterocycles. The Balaban J connectivity index is 0.00000338. The number of halogens is 1. The summed E-state index contributed by atoms with van der Waals surface area (Å²) in [4.78, 5) is 24.8. The van der Waals surface area contributed by atoms with Gasteiger partial charge in [-0.1, -0.05) is 19.1 Å². The molecule has 146 valence electrons. The molecule has 1 atom stereocenters. The third kappa shape index (κ3) is 5.69. The molecule has 1 aromatic rings. The molecule has 1 aromatic carbocycles. The summed E-state index contributed by atoms with van der Waals surface area (Å²) >= 11 is 0. The Bertz CT molecular complexity index is 603. The molecule has 0 aliphatic carbocycles. The Hall–Kier alpha value is -1.63. The largest absolute Gasteiger partial charge is 0.381 e. The highest BCUT2D eigenvalue weighted by Gasteiger charge is 2.38. The van der Waals surface area contributed by atoms with Gasteiger partial charge in [-0.15, -0.1) is 12.4 Å². The van der Waals surface area contributed by atoms with E-state index >= 15 is 0 Å².